The maximum Gasteiger partial charge on any atom is 0.214 e. The van der Waals surface area contributed by atoms with Crippen LogP contribution in [-0.4, -0.2) is 42.6 Å². The SMILES string of the molecule is CN=C(NCc1ncc(-c2ccccc2)o1)N1CCOC(c2ccc(C)cc2C)C1. The van der Waals surface area contributed by atoms with Crippen LogP contribution in [0, 0.1) is 13.8 Å². The van der Waals surface area contributed by atoms with Crippen molar-refractivity contribution in [2.24, 2.45) is 4.99 Å². The Hall–Kier alpha value is -3.12. The summed E-state index contributed by atoms with van der Waals surface area (Å²) < 4.78 is 12.0. The lowest BCUT2D eigenvalue weighted by Gasteiger charge is -2.35. The van der Waals surface area contributed by atoms with Crippen molar-refractivity contribution in [2.45, 2.75) is 26.5 Å². The normalized spacial score (nSPS) is 17.2. The number of aromatic nitrogens is 1. The van der Waals surface area contributed by atoms with Gasteiger partial charge in [0.05, 0.1) is 25.9 Å². The minimum absolute atomic E-state index is 0.0318. The lowest BCUT2D eigenvalue weighted by atomic mass is 10.00. The Morgan fingerprint density at radius 3 is 2.80 bits per heavy atom. The number of aliphatic imine (C=N–C) groups is 1. The van der Waals surface area contributed by atoms with Crippen LogP contribution in [0.1, 0.15) is 28.7 Å². The first-order valence-electron chi connectivity index (χ1n) is 10.3. The predicted octanol–water partition coefficient (Wildman–Crippen LogP) is 4.11. The topological polar surface area (TPSA) is 62.9 Å². The van der Waals surface area contributed by atoms with Crippen molar-refractivity contribution in [3.05, 3.63) is 77.3 Å². The molecule has 0 bridgehead atoms. The van der Waals surface area contributed by atoms with Crippen LogP contribution in [0.4, 0.5) is 0 Å². The van der Waals surface area contributed by atoms with Gasteiger partial charge in [-0.3, -0.25) is 4.99 Å². The molecule has 0 amide bonds. The first-order chi connectivity index (χ1) is 14.6. The lowest BCUT2D eigenvalue weighted by Crippen LogP contribution is -2.48. The highest BCUT2D eigenvalue weighted by Gasteiger charge is 2.25. The molecule has 1 saturated heterocycles. The summed E-state index contributed by atoms with van der Waals surface area (Å²) in [5.41, 5.74) is 4.78. The second-order valence-corrected chi connectivity index (χ2v) is 7.55. The Balaban J connectivity index is 1.40. The number of hydrogen-bond acceptors (Lipinski definition) is 4. The number of ether oxygens (including phenoxy) is 1. The molecule has 1 atom stereocenters. The number of aryl methyl sites for hydroxylation is 2. The van der Waals surface area contributed by atoms with E-state index in [1.807, 2.05) is 30.3 Å². The van der Waals surface area contributed by atoms with Gasteiger partial charge in [-0.2, -0.15) is 0 Å². The predicted molar refractivity (Wildman–Crippen MR) is 118 cm³/mol. The van der Waals surface area contributed by atoms with Crippen LogP contribution in [0.5, 0.6) is 0 Å². The molecule has 2 aromatic carbocycles. The summed E-state index contributed by atoms with van der Waals surface area (Å²) in [5, 5.41) is 3.38. The molecule has 1 aromatic heterocycles. The molecular formula is C24H28N4O2. The zero-order valence-corrected chi connectivity index (χ0v) is 17.8. The van der Waals surface area contributed by atoms with Crippen LogP contribution in [0.15, 0.2) is 64.1 Å². The number of nitrogens with one attached hydrogen (secondary N) is 1. The number of guanidine groups is 1. The average molecular weight is 405 g/mol. The summed E-state index contributed by atoms with van der Waals surface area (Å²) in [5.74, 6) is 2.23. The molecule has 6 nitrogen and oxygen atoms in total. The van der Waals surface area contributed by atoms with E-state index in [9.17, 15) is 0 Å². The fourth-order valence-electron chi connectivity index (χ4n) is 3.83. The van der Waals surface area contributed by atoms with Gasteiger partial charge in [0.25, 0.3) is 0 Å². The maximum atomic E-state index is 6.07. The molecule has 0 radical (unpaired) electrons. The van der Waals surface area contributed by atoms with Gasteiger partial charge in [0, 0.05) is 19.2 Å². The van der Waals surface area contributed by atoms with Gasteiger partial charge >= 0.3 is 0 Å². The van der Waals surface area contributed by atoms with Gasteiger partial charge in [-0.1, -0.05) is 54.1 Å². The first kappa shape index (κ1) is 20.2. The molecule has 1 fully saturated rings. The Morgan fingerprint density at radius 1 is 1.20 bits per heavy atom. The number of benzene rings is 2. The van der Waals surface area contributed by atoms with Gasteiger partial charge in [0.1, 0.15) is 6.10 Å². The fraction of sp³-hybridized carbons (Fsp3) is 0.333. The quantitative estimate of drug-likeness (QED) is 0.524. The molecule has 156 valence electrons. The van der Waals surface area contributed by atoms with Gasteiger partial charge in [-0.05, 0) is 25.0 Å². The van der Waals surface area contributed by atoms with Crippen molar-refractivity contribution in [1.82, 2.24) is 15.2 Å². The molecule has 4 rings (SSSR count). The second-order valence-electron chi connectivity index (χ2n) is 7.55. The Morgan fingerprint density at radius 2 is 2.03 bits per heavy atom. The Bertz CT molecular complexity index is 1010. The maximum absolute atomic E-state index is 6.07. The second kappa shape index (κ2) is 9.13. The largest absolute Gasteiger partial charge is 0.439 e. The number of hydrogen-bond donors (Lipinski definition) is 1. The molecule has 2 heterocycles. The smallest absolute Gasteiger partial charge is 0.214 e. The molecule has 1 unspecified atom stereocenters. The Kier molecular flexibility index (Phi) is 6.14. The molecule has 3 aromatic rings. The molecule has 1 N–H and O–H groups in total. The van der Waals surface area contributed by atoms with Gasteiger partial charge in [-0.25, -0.2) is 4.98 Å². The zero-order chi connectivity index (χ0) is 20.9. The summed E-state index contributed by atoms with van der Waals surface area (Å²) in [7, 11) is 1.80. The number of morpholine rings is 1. The van der Waals surface area contributed by atoms with Crippen LogP contribution in [-0.2, 0) is 11.3 Å². The van der Waals surface area contributed by atoms with E-state index in [4.69, 9.17) is 9.15 Å². The van der Waals surface area contributed by atoms with E-state index >= 15 is 0 Å². The molecule has 1 aliphatic rings. The van der Waals surface area contributed by atoms with E-state index in [0.29, 0.717) is 19.0 Å². The molecule has 1 aliphatic heterocycles. The van der Waals surface area contributed by atoms with Gasteiger partial charge in [-0.15, -0.1) is 0 Å². The van der Waals surface area contributed by atoms with Crippen molar-refractivity contribution in [1.29, 1.82) is 0 Å². The molecule has 0 spiro atoms. The molecule has 6 heteroatoms. The van der Waals surface area contributed by atoms with Crippen LogP contribution < -0.4 is 5.32 Å². The number of nitrogens with zero attached hydrogens (tertiary/aromatic N) is 3. The van der Waals surface area contributed by atoms with E-state index in [0.717, 1.165) is 30.4 Å². The minimum atomic E-state index is 0.0318. The summed E-state index contributed by atoms with van der Waals surface area (Å²) in [6, 6.07) is 16.5. The van der Waals surface area contributed by atoms with Crippen molar-refractivity contribution >= 4 is 5.96 Å². The van der Waals surface area contributed by atoms with Crippen molar-refractivity contribution in [3.8, 4) is 11.3 Å². The third kappa shape index (κ3) is 4.54. The van der Waals surface area contributed by atoms with E-state index < -0.39 is 0 Å². The van der Waals surface area contributed by atoms with Crippen LogP contribution in [0.25, 0.3) is 11.3 Å². The summed E-state index contributed by atoms with van der Waals surface area (Å²) in [6.45, 7) is 6.94. The van der Waals surface area contributed by atoms with Crippen LogP contribution in [0.3, 0.4) is 0 Å². The molecule has 30 heavy (non-hydrogen) atoms. The van der Waals surface area contributed by atoms with Crippen molar-refractivity contribution < 1.29 is 9.15 Å². The van der Waals surface area contributed by atoms with Gasteiger partial charge in [0.15, 0.2) is 11.7 Å². The monoisotopic (exact) mass is 404 g/mol. The van der Waals surface area contributed by atoms with E-state index in [1.165, 1.54) is 16.7 Å². The highest BCUT2D eigenvalue weighted by Crippen LogP contribution is 2.26. The third-order valence-corrected chi connectivity index (χ3v) is 5.36. The molecule has 0 aliphatic carbocycles. The summed E-state index contributed by atoms with van der Waals surface area (Å²) in [6.07, 6.45) is 1.80. The highest BCUT2D eigenvalue weighted by atomic mass is 16.5. The van der Waals surface area contributed by atoms with E-state index in [1.54, 1.807) is 13.2 Å². The minimum Gasteiger partial charge on any atom is -0.439 e. The van der Waals surface area contributed by atoms with E-state index in [-0.39, 0.29) is 6.10 Å². The summed E-state index contributed by atoms with van der Waals surface area (Å²) >= 11 is 0. The lowest BCUT2D eigenvalue weighted by molar-refractivity contribution is -0.00837. The highest BCUT2D eigenvalue weighted by molar-refractivity contribution is 5.80. The standard InChI is InChI=1S/C24H28N4O2/c1-17-9-10-20(18(2)13-17)22-16-28(11-12-29-22)24(25-3)27-15-23-26-14-21(30-23)19-7-5-4-6-8-19/h4-10,13-14,22H,11-12,15-16H2,1-3H3,(H,25,27). The van der Waals surface area contributed by atoms with Crippen LogP contribution in [0.2, 0.25) is 0 Å². The zero-order valence-electron chi connectivity index (χ0n) is 17.8. The van der Waals surface area contributed by atoms with Crippen molar-refractivity contribution in [2.75, 3.05) is 26.7 Å². The fourth-order valence-corrected chi connectivity index (χ4v) is 3.83. The number of rotatable bonds is 4. The van der Waals surface area contributed by atoms with Crippen LogP contribution >= 0.6 is 0 Å². The Labute approximate surface area is 177 Å². The third-order valence-electron chi connectivity index (χ3n) is 5.36. The molecular weight excluding hydrogens is 376 g/mol. The molecule has 0 saturated carbocycles. The van der Waals surface area contributed by atoms with Crippen molar-refractivity contribution in [3.63, 3.8) is 0 Å². The van der Waals surface area contributed by atoms with E-state index in [2.05, 4.69) is 52.2 Å². The number of oxazole rings is 1. The first-order valence-corrected chi connectivity index (χ1v) is 10.3. The van der Waals surface area contributed by atoms with Gasteiger partial charge in [0.2, 0.25) is 5.89 Å². The summed E-state index contributed by atoms with van der Waals surface area (Å²) in [4.78, 5) is 11.1. The van der Waals surface area contributed by atoms with Gasteiger partial charge < -0.3 is 19.4 Å². The average Bonchev–Trinajstić information content (AvgIpc) is 3.24.